The molecule has 1 amide bonds. The molecule has 0 spiro atoms. The number of rotatable bonds is 3. The zero-order valence-corrected chi connectivity index (χ0v) is 6.47. The van der Waals surface area contributed by atoms with Gasteiger partial charge in [-0.1, -0.05) is 0 Å². The average molecular weight is 147 g/mol. The van der Waals surface area contributed by atoms with Crippen molar-refractivity contribution in [1.29, 1.82) is 0 Å². The van der Waals surface area contributed by atoms with Crippen molar-refractivity contribution < 1.29 is 9.53 Å². The Morgan fingerprint density at radius 1 is 1.50 bits per heavy atom. The Bertz CT molecular complexity index is 103. The molecule has 0 aliphatic rings. The van der Waals surface area contributed by atoms with Crippen molar-refractivity contribution in [2.24, 2.45) is 0 Å². The smallest absolute Gasteiger partial charge is 0.439 e. The topological polar surface area (TPSA) is 53.6 Å². The van der Waals surface area contributed by atoms with Gasteiger partial charge in [0.05, 0.1) is 6.61 Å². The number of carbonyl (C=O) groups excluding carboxylic acids is 1. The second kappa shape index (κ2) is 5.01. The molecule has 2 N–H and O–H groups in total. The molecular formula is C5H13N3O2. The summed E-state index contributed by atoms with van der Waals surface area (Å²) in [5.74, 6) is 0. The number of hydrazine groups is 2. The molecule has 5 heteroatoms. The van der Waals surface area contributed by atoms with Crippen molar-refractivity contribution in [2.45, 2.75) is 6.92 Å². The molecule has 0 atom stereocenters. The van der Waals surface area contributed by atoms with Crippen LogP contribution in [0.4, 0.5) is 4.79 Å². The molecule has 0 saturated carbocycles. The van der Waals surface area contributed by atoms with Gasteiger partial charge in [0.2, 0.25) is 0 Å². The molecule has 0 aliphatic heterocycles. The van der Waals surface area contributed by atoms with Gasteiger partial charge in [0, 0.05) is 14.1 Å². The molecule has 5 nitrogen and oxygen atoms in total. The lowest BCUT2D eigenvalue weighted by molar-refractivity contribution is 0.0711. The third-order valence-electron chi connectivity index (χ3n) is 0.898. The fraction of sp³-hybridized carbons (Fsp3) is 0.800. The number of carbonyl (C=O) groups is 1. The summed E-state index contributed by atoms with van der Waals surface area (Å²) >= 11 is 0. The number of amides is 1. The Morgan fingerprint density at radius 2 is 2.00 bits per heavy atom. The summed E-state index contributed by atoms with van der Waals surface area (Å²) in [6.45, 7) is 2.13. The predicted octanol–water partition coefficient (Wildman–Crippen LogP) is -0.286. The van der Waals surface area contributed by atoms with E-state index in [1.807, 2.05) is 0 Å². The number of hydrogen-bond donors (Lipinski definition) is 2. The lowest BCUT2D eigenvalue weighted by Gasteiger charge is -2.17. The standard InChI is InChI=1S/C5H13N3O2/c1-4-10-5(9)8(6-2)7-3/h6-7H,4H2,1-3H3. The van der Waals surface area contributed by atoms with E-state index in [-0.39, 0.29) is 0 Å². The summed E-state index contributed by atoms with van der Waals surface area (Å²) in [7, 11) is 3.24. The highest BCUT2D eigenvalue weighted by molar-refractivity contribution is 5.66. The van der Waals surface area contributed by atoms with Crippen LogP contribution in [0.1, 0.15) is 6.92 Å². The van der Waals surface area contributed by atoms with Crippen LogP contribution in [0.25, 0.3) is 0 Å². The van der Waals surface area contributed by atoms with Crippen molar-refractivity contribution in [3.05, 3.63) is 0 Å². The van der Waals surface area contributed by atoms with E-state index in [1.54, 1.807) is 21.0 Å². The molecule has 60 valence electrons. The van der Waals surface area contributed by atoms with E-state index in [1.165, 1.54) is 0 Å². The summed E-state index contributed by atoms with van der Waals surface area (Å²) in [6.07, 6.45) is -0.437. The summed E-state index contributed by atoms with van der Waals surface area (Å²) in [5, 5.41) is 1.14. The molecule has 0 fully saturated rings. The van der Waals surface area contributed by atoms with Crippen molar-refractivity contribution in [3.8, 4) is 0 Å². The van der Waals surface area contributed by atoms with Gasteiger partial charge in [-0.15, -0.1) is 0 Å². The van der Waals surface area contributed by atoms with E-state index in [4.69, 9.17) is 0 Å². The van der Waals surface area contributed by atoms with Crippen LogP contribution in [-0.2, 0) is 4.74 Å². The Balaban J connectivity index is 3.65. The maximum atomic E-state index is 10.8. The highest BCUT2D eigenvalue weighted by Crippen LogP contribution is 1.82. The number of ether oxygens (including phenoxy) is 1. The first-order valence-electron chi connectivity index (χ1n) is 3.07. The van der Waals surface area contributed by atoms with E-state index in [0.717, 1.165) is 5.12 Å². The molecular weight excluding hydrogens is 134 g/mol. The fourth-order valence-electron chi connectivity index (χ4n) is 0.482. The van der Waals surface area contributed by atoms with Crippen LogP contribution in [0.3, 0.4) is 0 Å². The van der Waals surface area contributed by atoms with Crippen LogP contribution in [0.5, 0.6) is 0 Å². The molecule has 0 heterocycles. The number of nitrogens with zero attached hydrogens (tertiary/aromatic N) is 1. The largest absolute Gasteiger partial charge is 0.448 e. The summed E-state index contributed by atoms with van der Waals surface area (Å²) in [4.78, 5) is 10.8. The Labute approximate surface area is 60.3 Å². The Kier molecular flexibility index (Phi) is 4.61. The average Bonchev–Trinajstić information content (AvgIpc) is 1.91. The lowest BCUT2D eigenvalue weighted by atomic mass is 10.9. The zero-order valence-electron chi connectivity index (χ0n) is 6.47. The minimum absolute atomic E-state index is 0.374. The lowest BCUT2D eigenvalue weighted by Crippen LogP contribution is -2.48. The SMILES string of the molecule is CCOC(=O)N(NC)NC. The first-order chi connectivity index (χ1) is 4.76. The van der Waals surface area contributed by atoms with Crippen molar-refractivity contribution >= 4 is 6.09 Å². The van der Waals surface area contributed by atoms with Gasteiger partial charge >= 0.3 is 6.09 Å². The molecule has 0 aromatic carbocycles. The Hall–Kier alpha value is -0.810. The molecule has 0 saturated heterocycles. The van der Waals surface area contributed by atoms with Crippen molar-refractivity contribution in [1.82, 2.24) is 16.0 Å². The summed E-state index contributed by atoms with van der Waals surface area (Å²) < 4.78 is 4.65. The molecule has 10 heavy (non-hydrogen) atoms. The third kappa shape index (κ3) is 2.65. The predicted molar refractivity (Wildman–Crippen MR) is 37.0 cm³/mol. The highest BCUT2D eigenvalue weighted by Gasteiger charge is 2.08. The fourth-order valence-corrected chi connectivity index (χ4v) is 0.482. The van der Waals surface area contributed by atoms with Crippen LogP contribution in [0.2, 0.25) is 0 Å². The van der Waals surface area contributed by atoms with Gasteiger partial charge in [0.25, 0.3) is 0 Å². The number of hydrogen-bond acceptors (Lipinski definition) is 4. The molecule has 0 aliphatic carbocycles. The number of nitrogens with one attached hydrogen (secondary N) is 2. The molecule has 0 aromatic rings. The van der Waals surface area contributed by atoms with Gasteiger partial charge in [-0.25, -0.2) is 15.6 Å². The van der Waals surface area contributed by atoms with Crippen LogP contribution in [-0.4, -0.2) is 31.9 Å². The maximum Gasteiger partial charge on any atom is 0.439 e. The zero-order chi connectivity index (χ0) is 7.98. The van der Waals surface area contributed by atoms with E-state index < -0.39 is 6.09 Å². The summed E-state index contributed by atoms with van der Waals surface area (Å²) in [6, 6.07) is 0. The molecule has 0 bridgehead atoms. The van der Waals surface area contributed by atoms with E-state index in [0.29, 0.717) is 6.61 Å². The monoisotopic (exact) mass is 147 g/mol. The second-order valence-corrected chi connectivity index (χ2v) is 1.48. The molecule has 0 aromatic heterocycles. The van der Waals surface area contributed by atoms with Crippen LogP contribution in [0.15, 0.2) is 0 Å². The van der Waals surface area contributed by atoms with Gasteiger partial charge in [0.15, 0.2) is 0 Å². The van der Waals surface area contributed by atoms with E-state index in [9.17, 15) is 4.79 Å². The normalized spacial score (nSPS) is 9.10. The minimum atomic E-state index is -0.437. The van der Waals surface area contributed by atoms with E-state index >= 15 is 0 Å². The van der Waals surface area contributed by atoms with Gasteiger partial charge in [-0.05, 0) is 6.92 Å². The van der Waals surface area contributed by atoms with Crippen molar-refractivity contribution in [2.75, 3.05) is 20.7 Å². The molecule has 0 rings (SSSR count). The van der Waals surface area contributed by atoms with Crippen LogP contribution < -0.4 is 10.9 Å². The van der Waals surface area contributed by atoms with Gasteiger partial charge in [-0.3, -0.25) is 0 Å². The molecule has 0 radical (unpaired) electrons. The van der Waals surface area contributed by atoms with Gasteiger partial charge < -0.3 is 4.74 Å². The van der Waals surface area contributed by atoms with Crippen LogP contribution >= 0.6 is 0 Å². The van der Waals surface area contributed by atoms with Crippen LogP contribution in [0, 0.1) is 0 Å². The van der Waals surface area contributed by atoms with E-state index in [2.05, 4.69) is 15.6 Å². The van der Waals surface area contributed by atoms with Crippen molar-refractivity contribution in [3.63, 3.8) is 0 Å². The minimum Gasteiger partial charge on any atom is -0.448 e. The van der Waals surface area contributed by atoms with Gasteiger partial charge in [0.1, 0.15) is 0 Å². The molecule has 0 unspecified atom stereocenters. The first kappa shape index (κ1) is 9.19. The highest BCUT2D eigenvalue weighted by atomic mass is 16.6. The van der Waals surface area contributed by atoms with Gasteiger partial charge in [-0.2, -0.15) is 5.12 Å². The second-order valence-electron chi connectivity index (χ2n) is 1.48. The Morgan fingerprint density at radius 3 is 2.30 bits per heavy atom. The first-order valence-corrected chi connectivity index (χ1v) is 3.07. The summed E-state index contributed by atoms with van der Waals surface area (Å²) in [5.41, 5.74) is 5.17. The maximum absolute atomic E-state index is 10.8. The third-order valence-corrected chi connectivity index (χ3v) is 0.898. The quantitative estimate of drug-likeness (QED) is 0.539.